The van der Waals surface area contributed by atoms with Gasteiger partial charge in [0.2, 0.25) is 0 Å². The van der Waals surface area contributed by atoms with E-state index in [0.717, 1.165) is 17.8 Å². The fraction of sp³-hybridized carbons (Fsp3) is 0.538. The molecule has 0 saturated carbocycles. The van der Waals surface area contributed by atoms with E-state index in [2.05, 4.69) is 5.32 Å². The lowest BCUT2D eigenvalue weighted by molar-refractivity contribution is 0.171. The van der Waals surface area contributed by atoms with E-state index in [1.165, 1.54) is 0 Å². The molecule has 0 radical (unpaired) electrons. The van der Waals surface area contributed by atoms with Crippen LogP contribution >= 0.6 is 0 Å². The first-order valence-electron chi connectivity index (χ1n) is 5.62. The topological polar surface area (TPSA) is 52.5 Å². The van der Waals surface area contributed by atoms with Crippen LogP contribution in [-0.2, 0) is 6.42 Å². The molecule has 0 aliphatic rings. The quantitative estimate of drug-likeness (QED) is 0.687. The summed E-state index contributed by atoms with van der Waals surface area (Å²) < 4.78 is 0. The van der Waals surface area contributed by atoms with Gasteiger partial charge in [-0.25, -0.2) is 0 Å². The molecule has 3 nitrogen and oxygen atoms in total. The Labute approximate surface area is 97.1 Å². The van der Waals surface area contributed by atoms with E-state index < -0.39 is 0 Å². The molecular weight excluding hydrogens is 202 g/mol. The molecule has 0 unspecified atom stereocenters. The number of hydrogen-bond acceptors (Lipinski definition) is 3. The Bertz CT molecular complexity index is 306. The molecule has 3 N–H and O–H groups in total. The Morgan fingerprint density at radius 1 is 1.12 bits per heavy atom. The van der Waals surface area contributed by atoms with Crippen molar-refractivity contribution in [3.63, 3.8) is 0 Å². The van der Waals surface area contributed by atoms with Gasteiger partial charge in [-0.2, -0.15) is 0 Å². The second-order valence-electron chi connectivity index (χ2n) is 4.85. The van der Waals surface area contributed by atoms with E-state index in [9.17, 15) is 0 Å². The number of benzene rings is 1. The number of aliphatic hydroxyl groups is 2. The summed E-state index contributed by atoms with van der Waals surface area (Å²) in [5.74, 6) is 0. The van der Waals surface area contributed by atoms with Crippen molar-refractivity contribution in [1.29, 1.82) is 0 Å². The molecule has 0 heterocycles. The van der Waals surface area contributed by atoms with Crippen LogP contribution in [0.15, 0.2) is 24.3 Å². The molecule has 0 spiro atoms. The molecule has 0 saturated heterocycles. The average Bonchev–Trinajstić information content (AvgIpc) is 2.29. The molecule has 90 valence electrons. The lowest BCUT2D eigenvalue weighted by atomic mass is 9.95. The zero-order valence-corrected chi connectivity index (χ0v) is 10.0. The average molecular weight is 223 g/mol. The maximum absolute atomic E-state index is 9.12. The van der Waals surface area contributed by atoms with Crippen LogP contribution in [0.3, 0.4) is 0 Å². The number of nitrogens with one attached hydrogen (secondary N) is 1. The van der Waals surface area contributed by atoms with Gasteiger partial charge in [0.25, 0.3) is 0 Å². The van der Waals surface area contributed by atoms with Crippen LogP contribution < -0.4 is 5.32 Å². The lowest BCUT2D eigenvalue weighted by Gasteiger charge is -2.22. The van der Waals surface area contributed by atoms with Crippen molar-refractivity contribution in [2.45, 2.75) is 20.3 Å². The zero-order valence-electron chi connectivity index (χ0n) is 10.0. The van der Waals surface area contributed by atoms with Gasteiger partial charge in [0.05, 0.1) is 0 Å². The second kappa shape index (κ2) is 5.87. The molecule has 3 heteroatoms. The molecule has 0 aliphatic carbocycles. The van der Waals surface area contributed by atoms with Crippen molar-refractivity contribution in [1.82, 2.24) is 0 Å². The standard InChI is InChI=1S/C13H21NO2/c1-13(2,10-16)9-14-12-5-3-11(4-6-12)7-8-15/h3-6,14-16H,7-10H2,1-2H3. The van der Waals surface area contributed by atoms with Gasteiger partial charge in [-0.05, 0) is 24.1 Å². The van der Waals surface area contributed by atoms with Crippen LogP contribution in [0, 0.1) is 5.41 Å². The maximum atomic E-state index is 9.12. The summed E-state index contributed by atoms with van der Waals surface area (Å²) in [4.78, 5) is 0. The summed E-state index contributed by atoms with van der Waals surface area (Å²) in [5.41, 5.74) is 2.07. The van der Waals surface area contributed by atoms with E-state index in [1.54, 1.807) is 0 Å². The van der Waals surface area contributed by atoms with Crippen LogP contribution in [0.2, 0.25) is 0 Å². The SMILES string of the molecule is CC(C)(CO)CNc1ccc(CCO)cc1. The maximum Gasteiger partial charge on any atom is 0.0498 e. The lowest BCUT2D eigenvalue weighted by Crippen LogP contribution is -2.26. The van der Waals surface area contributed by atoms with Gasteiger partial charge in [0, 0.05) is 30.9 Å². The Morgan fingerprint density at radius 2 is 1.75 bits per heavy atom. The highest BCUT2D eigenvalue weighted by molar-refractivity contribution is 5.44. The monoisotopic (exact) mass is 223 g/mol. The minimum absolute atomic E-state index is 0.107. The van der Waals surface area contributed by atoms with E-state index in [1.807, 2.05) is 38.1 Å². The summed E-state index contributed by atoms with van der Waals surface area (Å²) in [6.45, 7) is 5.12. The molecule has 1 rings (SSSR count). The molecule has 1 aromatic rings. The van der Waals surface area contributed by atoms with Crippen molar-refractivity contribution < 1.29 is 10.2 Å². The molecule has 0 fully saturated rings. The van der Waals surface area contributed by atoms with Crippen molar-refractivity contribution in [3.05, 3.63) is 29.8 Å². The summed E-state index contributed by atoms with van der Waals surface area (Å²) in [7, 11) is 0. The van der Waals surface area contributed by atoms with E-state index in [-0.39, 0.29) is 18.6 Å². The molecule has 16 heavy (non-hydrogen) atoms. The Balaban J connectivity index is 2.49. The van der Waals surface area contributed by atoms with Gasteiger partial charge < -0.3 is 15.5 Å². The molecule has 0 aliphatic heterocycles. The predicted octanol–water partition coefficient (Wildman–Crippen LogP) is 1.65. The zero-order chi connectivity index (χ0) is 12.0. The molecular formula is C13H21NO2. The van der Waals surface area contributed by atoms with Crippen LogP contribution in [0.5, 0.6) is 0 Å². The highest BCUT2D eigenvalue weighted by Gasteiger charge is 2.15. The number of rotatable bonds is 6. The van der Waals surface area contributed by atoms with Gasteiger partial charge in [-0.15, -0.1) is 0 Å². The van der Waals surface area contributed by atoms with Crippen molar-refractivity contribution >= 4 is 5.69 Å². The minimum atomic E-state index is -0.107. The van der Waals surface area contributed by atoms with Crippen LogP contribution in [0.25, 0.3) is 0 Å². The van der Waals surface area contributed by atoms with Crippen LogP contribution in [0.4, 0.5) is 5.69 Å². The van der Waals surface area contributed by atoms with Crippen molar-refractivity contribution in [3.8, 4) is 0 Å². The van der Waals surface area contributed by atoms with Gasteiger partial charge in [-0.3, -0.25) is 0 Å². The van der Waals surface area contributed by atoms with Crippen molar-refractivity contribution in [2.24, 2.45) is 5.41 Å². The second-order valence-corrected chi connectivity index (χ2v) is 4.85. The fourth-order valence-corrected chi connectivity index (χ4v) is 1.32. The van der Waals surface area contributed by atoms with E-state index >= 15 is 0 Å². The first-order valence-corrected chi connectivity index (χ1v) is 5.62. The molecule has 0 amide bonds. The van der Waals surface area contributed by atoms with Gasteiger partial charge in [-0.1, -0.05) is 26.0 Å². The Kier molecular flexibility index (Phi) is 4.77. The van der Waals surface area contributed by atoms with E-state index in [0.29, 0.717) is 6.42 Å². The number of hydrogen-bond donors (Lipinski definition) is 3. The summed E-state index contributed by atoms with van der Waals surface area (Å²) in [6, 6.07) is 8.01. The molecule has 1 aromatic carbocycles. The van der Waals surface area contributed by atoms with E-state index in [4.69, 9.17) is 10.2 Å². The van der Waals surface area contributed by atoms with Crippen LogP contribution in [0.1, 0.15) is 19.4 Å². The minimum Gasteiger partial charge on any atom is -0.396 e. The Hall–Kier alpha value is -1.06. The summed E-state index contributed by atoms with van der Waals surface area (Å²) >= 11 is 0. The molecule has 0 atom stereocenters. The van der Waals surface area contributed by atoms with Crippen LogP contribution in [-0.4, -0.2) is 30.0 Å². The number of anilines is 1. The first kappa shape index (κ1) is 13.0. The third-order valence-electron chi connectivity index (χ3n) is 2.55. The molecule has 0 aromatic heterocycles. The Morgan fingerprint density at radius 3 is 2.25 bits per heavy atom. The fourth-order valence-electron chi connectivity index (χ4n) is 1.32. The predicted molar refractivity (Wildman–Crippen MR) is 66.6 cm³/mol. The normalized spacial score (nSPS) is 11.5. The van der Waals surface area contributed by atoms with Gasteiger partial charge >= 0.3 is 0 Å². The smallest absolute Gasteiger partial charge is 0.0498 e. The van der Waals surface area contributed by atoms with Gasteiger partial charge in [0.1, 0.15) is 0 Å². The highest BCUT2D eigenvalue weighted by Crippen LogP contribution is 2.16. The largest absolute Gasteiger partial charge is 0.396 e. The first-order chi connectivity index (χ1) is 7.57. The molecule has 0 bridgehead atoms. The third kappa shape index (κ3) is 4.21. The summed E-state index contributed by atoms with van der Waals surface area (Å²) in [5, 5.41) is 21.2. The van der Waals surface area contributed by atoms with Crippen molar-refractivity contribution in [2.75, 3.05) is 25.1 Å². The summed E-state index contributed by atoms with van der Waals surface area (Å²) in [6.07, 6.45) is 0.697. The number of aliphatic hydroxyl groups excluding tert-OH is 2. The highest BCUT2D eigenvalue weighted by atomic mass is 16.3. The van der Waals surface area contributed by atoms with Gasteiger partial charge in [0.15, 0.2) is 0 Å². The third-order valence-corrected chi connectivity index (χ3v) is 2.55.